The van der Waals surface area contributed by atoms with Crippen molar-refractivity contribution in [3.63, 3.8) is 0 Å². The number of rotatable bonds is 4. The van der Waals surface area contributed by atoms with E-state index in [9.17, 15) is 4.79 Å². The lowest BCUT2D eigenvalue weighted by molar-refractivity contribution is 0.0996. The minimum Gasteiger partial charge on any atom is -0.459 e. The molecule has 3 rings (SSSR count). The average Bonchev–Trinajstić information content (AvgIpc) is 3.14. The fourth-order valence-corrected chi connectivity index (χ4v) is 3.36. The number of nitrogens with one attached hydrogen (secondary N) is 1. The van der Waals surface area contributed by atoms with E-state index in [0.29, 0.717) is 21.6 Å². The Morgan fingerprint density at radius 3 is 2.83 bits per heavy atom. The predicted molar refractivity (Wildman–Crippen MR) is 92.8 cm³/mol. The maximum Gasteiger partial charge on any atom is 0.293 e. The maximum atomic E-state index is 12.0. The van der Waals surface area contributed by atoms with E-state index in [4.69, 9.17) is 27.6 Å². The monoisotopic (exact) mass is 366 g/mol. The molecule has 3 aromatic rings. The number of carbonyl (C=O) groups excluding carboxylic acids is 1. The molecule has 118 valence electrons. The molecule has 0 spiro atoms. The van der Waals surface area contributed by atoms with E-state index < -0.39 is 0 Å². The molecule has 2 heterocycles. The average molecular weight is 367 g/mol. The van der Waals surface area contributed by atoms with E-state index in [1.54, 1.807) is 18.2 Å². The van der Waals surface area contributed by atoms with Gasteiger partial charge in [0.15, 0.2) is 10.9 Å². The summed E-state index contributed by atoms with van der Waals surface area (Å²) in [6, 6.07) is 8.80. The van der Waals surface area contributed by atoms with Gasteiger partial charge in [-0.25, -0.2) is 4.98 Å². The van der Waals surface area contributed by atoms with Crippen LogP contribution in [0, 0.1) is 6.92 Å². The highest BCUT2D eigenvalue weighted by atomic mass is 35.5. The normalized spacial score (nSPS) is 10.7. The zero-order valence-corrected chi connectivity index (χ0v) is 14.4. The number of halogens is 2. The second-order valence-corrected chi connectivity index (χ2v) is 6.78. The second-order valence-electron chi connectivity index (χ2n) is 4.88. The molecule has 1 amide bonds. The van der Waals surface area contributed by atoms with Gasteiger partial charge in [0.25, 0.3) is 5.91 Å². The van der Waals surface area contributed by atoms with E-state index in [1.807, 2.05) is 19.1 Å². The van der Waals surface area contributed by atoms with Gasteiger partial charge in [0.05, 0.1) is 22.0 Å². The summed E-state index contributed by atoms with van der Waals surface area (Å²) in [4.78, 5) is 17.4. The molecule has 0 saturated heterocycles. The zero-order chi connectivity index (χ0) is 16.4. The molecule has 1 aromatic carbocycles. The first kappa shape index (κ1) is 16.1. The van der Waals surface area contributed by atoms with E-state index in [1.165, 1.54) is 17.6 Å². The number of carbonyl (C=O) groups is 1. The first-order valence-corrected chi connectivity index (χ1v) is 8.35. The molecule has 7 heteroatoms. The molecule has 23 heavy (non-hydrogen) atoms. The van der Waals surface area contributed by atoms with Crippen LogP contribution >= 0.6 is 34.5 Å². The number of benzene rings is 1. The predicted octanol–water partition coefficient (Wildman–Crippen LogP) is 5.19. The summed E-state index contributed by atoms with van der Waals surface area (Å²) in [6.45, 7) is 1.91. The number of aromatic nitrogens is 1. The first-order valence-electron chi connectivity index (χ1n) is 6.78. The third kappa shape index (κ3) is 3.75. The van der Waals surface area contributed by atoms with Crippen LogP contribution in [0.15, 0.2) is 41.0 Å². The molecule has 0 atom stereocenters. The highest BCUT2D eigenvalue weighted by Crippen LogP contribution is 2.28. The lowest BCUT2D eigenvalue weighted by atomic mass is 10.1. The number of thiazole rings is 1. The number of amides is 1. The van der Waals surface area contributed by atoms with Crippen LogP contribution < -0.4 is 5.32 Å². The fourth-order valence-electron chi connectivity index (χ4n) is 2.05. The van der Waals surface area contributed by atoms with E-state index >= 15 is 0 Å². The molecule has 0 fully saturated rings. The van der Waals surface area contributed by atoms with Gasteiger partial charge in [-0.1, -0.05) is 29.3 Å². The highest BCUT2D eigenvalue weighted by molar-refractivity contribution is 7.15. The largest absolute Gasteiger partial charge is 0.459 e. The van der Waals surface area contributed by atoms with Crippen LogP contribution in [-0.2, 0) is 6.42 Å². The minimum absolute atomic E-state index is 0.254. The van der Waals surface area contributed by atoms with Crippen LogP contribution in [-0.4, -0.2) is 10.9 Å². The molecule has 0 aliphatic rings. The fraction of sp³-hybridized carbons (Fsp3) is 0.125. The zero-order valence-electron chi connectivity index (χ0n) is 12.1. The SMILES string of the molecule is Cc1nc(NC(=O)c2ccco2)sc1Cc1ccc(Cl)c(Cl)c1. The molecule has 0 unspecified atom stereocenters. The summed E-state index contributed by atoms with van der Waals surface area (Å²) >= 11 is 13.4. The van der Waals surface area contributed by atoms with Crippen LogP contribution in [0.1, 0.15) is 26.7 Å². The molecule has 0 bridgehead atoms. The Morgan fingerprint density at radius 1 is 1.30 bits per heavy atom. The van der Waals surface area contributed by atoms with Crippen molar-refractivity contribution < 1.29 is 9.21 Å². The van der Waals surface area contributed by atoms with Gasteiger partial charge in [-0.3, -0.25) is 10.1 Å². The van der Waals surface area contributed by atoms with Crippen LogP contribution in [0.25, 0.3) is 0 Å². The minimum atomic E-state index is -0.315. The van der Waals surface area contributed by atoms with Crippen molar-refractivity contribution >= 4 is 45.6 Å². The Morgan fingerprint density at radius 2 is 2.13 bits per heavy atom. The Kier molecular flexibility index (Phi) is 4.71. The van der Waals surface area contributed by atoms with Gasteiger partial charge in [-0.15, -0.1) is 11.3 Å². The Balaban J connectivity index is 1.75. The van der Waals surface area contributed by atoms with E-state index in [2.05, 4.69) is 10.3 Å². The molecule has 0 aliphatic carbocycles. The molecule has 0 saturated carbocycles. The summed E-state index contributed by atoms with van der Waals surface area (Å²) in [5.74, 6) is -0.0614. The summed E-state index contributed by atoms with van der Waals surface area (Å²) in [5, 5.41) is 4.34. The first-order chi connectivity index (χ1) is 11.0. The molecule has 4 nitrogen and oxygen atoms in total. The van der Waals surface area contributed by atoms with Crippen LogP contribution in [0.3, 0.4) is 0 Å². The maximum absolute atomic E-state index is 12.0. The van der Waals surface area contributed by atoms with Gasteiger partial charge < -0.3 is 4.42 Å². The summed E-state index contributed by atoms with van der Waals surface area (Å²) in [5.41, 5.74) is 1.91. The van der Waals surface area contributed by atoms with Crippen LogP contribution in [0.5, 0.6) is 0 Å². The van der Waals surface area contributed by atoms with Gasteiger partial charge in [-0.2, -0.15) is 0 Å². The number of aryl methyl sites for hydroxylation is 1. The van der Waals surface area contributed by atoms with E-state index in [-0.39, 0.29) is 11.7 Å². The third-order valence-electron chi connectivity index (χ3n) is 3.21. The molecular weight excluding hydrogens is 355 g/mol. The van der Waals surface area contributed by atoms with Crippen LogP contribution in [0.4, 0.5) is 5.13 Å². The van der Waals surface area contributed by atoms with Gasteiger partial charge >= 0.3 is 0 Å². The standard InChI is InChI=1S/C16H12Cl2N2O2S/c1-9-14(8-10-4-5-11(17)12(18)7-10)23-16(19-9)20-15(21)13-3-2-6-22-13/h2-7H,8H2,1H3,(H,19,20,21). The van der Waals surface area contributed by atoms with Crippen molar-refractivity contribution in [2.45, 2.75) is 13.3 Å². The van der Waals surface area contributed by atoms with Gasteiger partial charge in [-0.05, 0) is 36.8 Å². The number of hydrogen-bond acceptors (Lipinski definition) is 4. The Labute approximate surface area is 147 Å². The summed E-state index contributed by atoms with van der Waals surface area (Å²) < 4.78 is 5.06. The molecular formula is C16H12Cl2N2O2S. The van der Waals surface area contributed by atoms with E-state index in [0.717, 1.165) is 16.1 Å². The van der Waals surface area contributed by atoms with Crippen molar-refractivity contribution in [2.24, 2.45) is 0 Å². The van der Waals surface area contributed by atoms with Gasteiger partial charge in [0.2, 0.25) is 0 Å². The number of hydrogen-bond donors (Lipinski definition) is 1. The van der Waals surface area contributed by atoms with Crippen molar-refractivity contribution in [1.82, 2.24) is 4.98 Å². The van der Waals surface area contributed by atoms with Crippen molar-refractivity contribution in [3.05, 3.63) is 68.5 Å². The number of furan rings is 1. The topological polar surface area (TPSA) is 55.1 Å². The van der Waals surface area contributed by atoms with Gasteiger partial charge in [0.1, 0.15) is 0 Å². The molecule has 0 aliphatic heterocycles. The number of anilines is 1. The van der Waals surface area contributed by atoms with Gasteiger partial charge in [0, 0.05) is 11.3 Å². The molecule has 1 N–H and O–H groups in total. The quantitative estimate of drug-likeness (QED) is 0.690. The lowest BCUT2D eigenvalue weighted by Crippen LogP contribution is -2.10. The van der Waals surface area contributed by atoms with Crippen molar-refractivity contribution in [3.8, 4) is 0 Å². The second kappa shape index (κ2) is 6.74. The lowest BCUT2D eigenvalue weighted by Gasteiger charge is -2.02. The third-order valence-corrected chi connectivity index (χ3v) is 5.02. The Bertz CT molecular complexity index is 844. The molecule has 2 aromatic heterocycles. The molecule has 0 radical (unpaired) electrons. The summed E-state index contributed by atoms with van der Waals surface area (Å²) in [6.07, 6.45) is 2.13. The van der Waals surface area contributed by atoms with Crippen molar-refractivity contribution in [1.29, 1.82) is 0 Å². The van der Waals surface area contributed by atoms with Crippen molar-refractivity contribution in [2.75, 3.05) is 5.32 Å². The summed E-state index contributed by atoms with van der Waals surface area (Å²) in [7, 11) is 0. The number of nitrogens with zero attached hydrogens (tertiary/aromatic N) is 1. The van der Waals surface area contributed by atoms with Crippen LogP contribution in [0.2, 0.25) is 10.0 Å². The highest BCUT2D eigenvalue weighted by Gasteiger charge is 2.14. The Hall–Kier alpha value is -1.82. The smallest absolute Gasteiger partial charge is 0.293 e.